The minimum absolute atomic E-state index is 0.576. The summed E-state index contributed by atoms with van der Waals surface area (Å²) in [6.07, 6.45) is 1.89. The van der Waals surface area contributed by atoms with Gasteiger partial charge in [-0.05, 0) is 28.6 Å². The molecule has 0 N–H and O–H groups in total. The molecule has 0 amide bonds. The van der Waals surface area contributed by atoms with Crippen LogP contribution in [0.2, 0.25) is 25.7 Å². The molecule has 0 unspecified atom stereocenters. The topological polar surface area (TPSA) is 27.1 Å². The lowest BCUT2D eigenvalue weighted by atomic mass is 10.2. The fraction of sp³-hybridized carbons (Fsp3) is 0.400. The molecule has 0 radical (unpaired) electrons. The molecule has 108 valence electrons. The van der Waals surface area contributed by atoms with E-state index in [4.69, 9.17) is 4.74 Å². The van der Waals surface area contributed by atoms with E-state index in [1.54, 1.807) is 0 Å². The van der Waals surface area contributed by atoms with Crippen LogP contribution in [0.25, 0.3) is 11.4 Å². The zero-order valence-electron chi connectivity index (χ0n) is 12.3. The van der Waals surface area contributed by atoms with Gasteiger partial charge in [-0.3, -0.25) is 4.57 Å². The predicted molar refractivity (Wildman–Crippen MR) is 94.5 cm³/mol. The molecule has 1 heterocycles. The molecule has 1 aromatic heterocycles. The van der Waals surface area contributed by atoms with Gasteiger partial charge in [0.05, 0.1) is 6.20 Å². The molecule has 3 nitrogen and oxygen atoms in total. The van der Waals surface area contributed by atoms with Crippen LogP contribution in [0.3, 0.4) is 0 Å². The van der Waals surface area contributed by atoms with Crippen LogP contribution < -0.4 is 0 Å². The summed E-state index contributed by atoms with van der Waals surface area (Å²) < 4.78 is 9.08. The summed E-state index contributed by atoms with van der Waals surface area (Å²) >= 11 is 2.31. The van der Waals surface area contributed by atoms with Gasteiger partial charge in [0.2, 0.25) is 0 Å². The molecule has 2 aromatic rings. The lowest BCUT2D eigenvalue weighted by molar-refractivity contribution is 0.0867. The van der Waals surface area contributed by atoms with E-state index in [0.29, 0.717) is 6.73 Å². The third-order valence-corrected chi connectivity index (χ3v) is 5.62. The van der Waals surface area contributed by atoms with Crippen LogP contribution in [-0.4, -0.2) is 24.2 Å². The lowest BCUT2D eigenvalue weighted by Gasteiger charge is -2.16. The fourth-order valence-corrected chi connectivity index (χ4v) is 3.09. The largest absolute Gasteiger partial charge is 0.361 e. The third-order valence-electron chi connectivity index (χ3n) is 3.06. The van der Waals surface area contributed by atoms with Crippen molar-refractivity contribution in [3.05, 3.63) is 40.2 Å². The number of ether oxygens (including phenoxy) is 1. The Labute approximate surface area is 135 Å². The Balaban J connectivity index is 2.03. The van der Waals surface area contributed by atoms with E-state index in [1.807, 2.05) is 24.4 Å². The van der Waals surface area contributed by atoms with Gasteiger partial charge < -0.3 is 4.74 Å². The van der Waals surface area contributed by atoms with E-state index >= 15 is 0 Å². The maximum Gasteiger partial charge on any atom is 0.142 e. The van der Waals surface area contributed by atoms with Crippen molar-refractivity contribution >= 4 is 30.7 Å². The molecule has 0 aliphatic carbocycles. The Morgan fingerprint density at radius 2 is 1.90 bits per heavy atom. The standard InChI is InChI=1S/C15H21IN2OSi/c1-20(2,3)10-9-19-12-18-14(16)11-17-15(18)13-7-5-4-6-8-13/h4-8,11H,9-10,12H2,1-3H3. The smallest absolute Gasteiger partial charge is 0.142 e. The second kappa shape index (κ2) is 6.86. The normalized spacial score (nSPS) is 11.8. The van der Waals surface area contributed by atoms with Crippen LogP contribution in [0.15, 0.2) is 36.5 Å². The zero-order valence-corrected chi connectivity index (χ0v) is 15.4. The first-order valence-corrected chi connectivity index (χ1v) is 11.6. The Hall–Kier alpha value is -0.663. The SMILES string of the molecule is C[Si](C)(C)CCOCn1c(I)cnc1-c1ccccc1. The summed E-state index contributed by atoms with van der Waals surface area (Å²) in [5.74, 6) is 0.975. The molecule has 0 aliphatic rings. The molecule has 2 rings (SSSR count). The molecule has 0 spiro atoms. The highest BCUT2D eigenvalue weighted by molar-refractivity contribution is 14.1. The van der Waals surface area contributed by atoms with Crippen molar-refractivity contribution in [2.24, 2.45) is 0 Å². The Bertz CT molecular complexity index is 549. The van der Waals surface area contributed by atoms with Gasteiger partial charge in [-0.1, -0.05) is 50.0 Å². The van der Waals surface area contributed by atoms with E-state index in [0.717, 1.165) is 21.7 Å². The molecule has 0 bridgehead atoms. The second-order valence-corrected chi connectivity index (χ2v) is 12.8. The number of benzene rings is 1. The van der Waals surface area contributed by atoms with Gasteiger partial charge in [0.1, 0.15) is 16.3 Å². The summed E-state index contributed by atoms with van der Waals surface area (Å²) in [4.78, 5) is 4.50. The molecule has 0 aliphatic heterocycles. The first-order chi connectivity index (χ1) is 9.47. The van der Waals surface area contributed by atoms with Gasteiger partial charge in [-0.25, -0.2) is 4.98 Å². The van der Waals surface area contributed by atoms with Crippen molar-refractivity contribution in [2.45, 2.75) is 32.4 Å². The summed E-state index contributed by atoms with van der Waals surface area (Å²) in [6, 6.07) is 11.4. The van der Waals surface area contributed by atoms with Crippen molar-refractivity contribution in [3.63, 3.8) is 0 Å². The minimum atomic E-state index is -1.02. The Kier molecular flexibility index (Phi) is 5.40. The third kappa shape index (κ3) is 4.42. The van der Waals surface area contributed by atoms with Crippen molar-refractivity contribution in [1.29, 1.82) is 0 Å². The van der Waals surface area contributed by atoms with Crippen LogP contribution in [0.4, 0.5) is 0 Å². The minimum Gasteiger partial charge on any atom is -0.361 e. The van der Waals surface area contributed by atoms with E-state index in [9.17, 15) is 0 Å². The highest BCUT2D eigenvalue weighted by atomic mass is 127. The van der Waals surface area contributed by atoms with E-state index < -0.39 is 8.07 Å². The maximum atomic E-state index is 5.85. The Morgan fingerprint density at radius 1 is 1.20 bits per heavy atom. The number of hydrogen-bond donors (Lipinski definition) is 0. The van der Waals surface area contributed by atoms with Crippen molar-refractivity contribution < 1.29 is 4.74 Å². The van der Waals surface area contributed by atoms with E-state index in [1.165, 1.54) is 6.04 Å². The number of nitrogens with zero attached hydrogens (tertiary/aromatic N) is 2. The van der Waals surface area contributed by atoms with Gasteiger partial charge in [-0.15, -0.1) is 0 Å². The van der Waals surface area contributed by atoms with Crippen LogP contribution in [-0.2, 0) is 11.5 Å². The van der Waals surface area contributed by atoms with Crippen LogP contribution >= 0.6 is 22.6 Å². The summed E-state index contributed by atoms with van der Waals surface area (Å²) in [5, 5.41) is 0. The highest BCUT2D eigenvalue weighted by Gasteiger charge is 2.13. The van der Waals surface area contributed by atoms with Crippen LogP contribution in [0.1, 0.15) is 0 Å². The number of halogens is 1. The quantitative estimate of drug-likeness (QED) is 0.407. The second-order valence-electron chi connectivity index (χ2n) is 6.05. The first-order valence-electron chi connectivity index (χ1n) is 6.81. The van der Waals surface area contributed by atoms with Crippen molar-refractivity contribution in [1.82, 2.24) is 9.55 Å². The van der Waals surface area contributed by atoms with Gasteiger partial charge in [-0.2, -0.15) is 0 Å². The molecule has 0 saturated heterocycles. The maximum absolute atomic E-state index is 5.85. The summed E-state index contributed by atoms with van der Waals surface area (Å²) in [6.45, 7) is 8.51. The first kappa shape index (κ1) is 15.7. The fourth-order valence-electron chi connectivity index (χ4n) is 1.83. The average Bonchev–Trinajstić information content (AvgIpc) is 2.76. The van der Waals surface area contributed by atoms with E-state index in [-0.39, 0.29) is 0 Å². The summed E-state index contributed by atoms with van der Waals surface area (Å²) in [5.41, 5.74) is 1.13. The molecular formula is C15H21IN2OSi. The van der Waals surface area contributed by atoms with Crippen molar-refractivity contribution in [3.8, 4) is 11.4 Å². The number of imidazole rings is 1. The van der Waals surface area contributed by atoms with Crippen LogP contribution in [0, 0.1) is 3.70 Å². The number of hydrogen-bond acceptors (Lipinski definition) is 2. The lowest BCUT2D eigenvalue weighted by Crippen LogP contribution is -2.22. The molecule has 0 atom stereocenters. The molecule has 5 heteroatoms. The van der Waals surface area contributed by atoms with Gasteiger partial charge in [0.15, 0.2) is 0 Å². The molecular weight excluding hydrogens is 379 g/mol. The van der Waals surface area contributed by atoms with Crippen LogP contribution in [0.5, 0.6) is 0 Å². The van der Waals surface area contributed by atoms with E-state index in [2.05, 4.69) is 63.9 Å². The van der Waals surface area contributed by atoms with Crippen molar-refractivity contribution in [2.75, 3.05) is 6.61 Å². The van der Waals surface area contributed by atoms with Gasteiger partial charge >= 0.3 is 0 Å². The zero-order chi connectivity index (χ0) is 14.6. The average molecular weight is 400 g/mol. The number of aromatic nitrogens is 2. The molecule has 20 heavy (non-hydrogen) atoms. The molecule has 0 fully saturated rings. The van der Waals surface area contributed by atoms with Gasteiger partial charge in [0.25, 0.3) is 0 Å². The Morgan fingerprint density at radius 3 is 2.55 bits per heavy atom. The summed E-state index contributed by atoms with van der Waals surface area (Å²) in [7, 11) is -1.02. The molecule has 0 saturated carbocycles. The van der Waals surface area contributed by atoms with Gasteiger partial charge in [0, 0.05) is 20.2 Å². The predicted octanol–water partition coefficient (Wildman–Crippen LogP) is 4.47. The monoisotopic (exact) mass is 400 g/mol. The highest BCUT2D eigenvalue weighted by Crippen LogP contribution is 2.20. The number of rotatable bonds is 6. The molecule has 1 aromatic carbocycles.